The molecule has 0 bridgehead atoms. The highest BCUT2D eigenvalue weighted by Gasteiger charge is 2.08. The Labute approximate surface area is 110 Å². The number of nitrogens with one attached hydrogen (secondary N) is 1. The van der Waals surface area contributed by atoms with Crippen molar-refractivity contribution in [2.45, 2.75) is 0 Å². The summed E-state index contributed by atoms with van der Waals surface area (Å²) in [5, 5.41) is 3.82. The molecular weight excluding hydrogens is 242 g/mol. The van der Waals surface area contributed by atoms with Gasteiger partial charge in [-0.05, 0) is 24.3 Å². The van der Waals surface area contributed by atoms with Crippen LogP contribution in [0.25, 0.3) is 0 Å². The zero-order valence-corrected chi connectivity index (χ0v) is 10.1. The zero-order valence-electron chi connectivity index (χ0n) is 10.1. The van der Waals surface area contributed by atoms with Crippen molar-refractivity contribution in [2.75, 3.05) is 5.73 Å². The molecule has 0 aliphatic carbocycles. The SMILES string of the molecule is N/C(=N/NC(=O)c1ccccc1N)c1ccncc1. The van der Waals surface area contributed by atoms with Gasteiger partial charge in [-0.15, -0.1) is 0 Å². The van der Waals surface area contributed by atoms with Gasteiger partial charge in [0.25, 0.3) is 5.91 Å². The lowest BCUT2D eigenvalue weighted by Gasteiger charge is -2.04. The second kappa shape index (κ2) is 5.63. The molecular formula is C13H13N5O. The Morgan fingerprint density at radius 2 is 1.84 bits per heavy atom. The summed E-state index contributed by atoms with van der Waals surface area (Å²) in [6, 6.07) is 10.1. The molecule has 6 nitrogen and oxygen atoms in total. The average Bonchev–Trinajstić information content (AvgIpc) is 2.46. The first kappa shape index (κ1) is 12.6. The molecule has 19 heavy (non-hydrogen) atoms. The number of amides is 1. The maximum atomic E-state index is 11.8. The monoisotopic (exact) mass is 255 g/mol. The van der Waals surface area contributed by atoms with E-state index in [1.807, 2.05) is 0 Å². The number of carbonyl (C=O) groups is 1. The van der Waals surface area contributed by atoms with E-state index in [2.05, 4.69) is 15.5 Å². The molecule has 0 unspecified atom stereocenters. The molecule has 1 heterocycles. The van der Waals surface area contributed by atoms with Gasteiger partial charge in [-0.1, -0.05) is 12.1 Å². The zero-order chi connectivity index (χ0) is 13.7. The van der Waals surface area contributed by atoms with Gasteiger partial charge in [0.15, 0.2) is 5.84 Å². The largest absolute Gasteiger partial charge is 0.398 e. The van der Waals surface area contributed by atoms with Crippen LogP contribution in [0.15, 0.2) is 53.9 Å². The van der Waals surface area contributed by atoms with Crippen LogP contribution < -0.4 is 16.9 Å². The van der Waals surface area contributed by atoms with Crippen LogP contribution in [0.5, 0.6) is 0 Å². The van der Waals surface area contributed by atoms with Gasteiger partial charge in [-0.2, -0.15) is 5.10 Å². The van der Waals surface area contributed by atoms with Crippen LogP contribution in [0.1, 0.15) is 15.9 Å². The van der Waals surface area contributed by atoms with E-state index in [9.17, 15) is 4.79 Å². The second-order valence-corrected chi connectivity index (χ2v) is 3.76. The molecule has 5 N–H and O–H groups in total. The highest BCUT2D eigenvalue weighted by Crippen LogP contribution is 2.09. The number of hydrogen-bond donors (Lipinski definition) is 3. The topological polar surface area (TPSA) is 106 Å². The number of nitrogen functional groups attached to an aromatic ring is 1. The standard InChI is InChI=1S/C13H13N5O/c14-11-4-2-1-3-10(11)13(19)18-17-12(15)9-5-7-16-8-6-9/h1-8H,14H2,(H2,15,17)(H,18,19). The van der Waals surface area contributed by atoms with Crippen molar-refractivity contribution < 1.29 is 4.79 Å². The Bertz CT molecular complexity index is 609. The number of anilines is 1. The molecule has 2 aromatic rings. The minimum Gasteiger partial charge on any atom is -0.398 e. The molecule has 6 heteroatoms. The van der Waals surface area contributed by atoms with Gasteiger partial charge in [-0.25, -0.2) is 5.43 Å². The number of para-hydroxylation sites is 1. The number of amidine groups is 1. The van der Waals surface area contributed by atoms with Crippen molar-refractivity contribution in [1.82, 2.24) is 10.4 Å². The van der Waals surface area contributed by atoms with Gasteiger partial charge in [-0.3, -0.25) is 9.78 Å². The van der Waals surface area contributed by atoms with E-state index in [4.69, 9.17) is 11.5 Å². The van der Waals surface area contributed by atoms with Crippen molar-refractivity contribution >= 4 is 17.4 Å². The predicted octanol–water partition coefficient (Wildman–Crippen LogP) is 0.714. The lowest BCUT2D eigenvalue weighted by Crippen LogP contribution is -2.24. The van der Waals surface area contributed by atoms with Gasteiger partial charge in [0.05, 0.1) is 5.56 Å². The second-order valence-electron chi connectivity index (χ2n) is 3.76. The van der Waals surface area contributed by atoms with Gasteiger partial charge in [0, 0.05) is 23.6 Å². The first-order valence-electron chi connectivity index (χ1n) is 5.57. The average molecular weight is 255 g/mol. The van der Waals surface area contributed by atoms with E-state index in [1.165, 1.54) is 0 Å². The van der Waals surface area contributed by atoms with Crippen molar-refractivity contribution in [2.24, 2.45) is 10.8 Å². The number of hydrogen-bond acceptors (Lipinski definition) is 4. The predicted molar refractivity (Wildman–Crippen MR) is 73.3 cm³/mol. The summed E-state index contributed by atoms with van der Waals surface area (Å²) in [6.45, 7) is 0. The molecule has 2 rings (SSSR count). The number of aromatic nitrogens is 1. The summed E-state index contributed by atoms with van der Waals surface area (Å²) in [4.78, 5) is 15.7. The molecule has 0 aliphatic rings. The maximum Gasteiger partial charge on any atom is 0.273 e. The van der Waals surface area contributed by atoms with Crippen LogP contribution >= 0.6 is 0 Å². The number of rotatable bonds is 3. The molecule has 0 aliphatic heterocycles. The summed E-state index contributed by atoms with van der Waals surface area (Å²) in [6.07, 6.45) is 3.18. The summed E-state index contributed by atoms with van der Waals surface area (Å²) in [5.74, 6) is -0.208. The lowest BCUT2D eigenvalue weighted by atomic mass is 10.2. The fraction of sp³-hybridized carbons (Fsp3) is 0. The van der Waals surface area contributed by atoms with E-state index >= 15 is 0 Å². The highest BCUT2D eigenvalue weighted by molar-refractivity contribution is 6.01. The minimum atomic E-state index is -0.407. The molecule has 0 fully saturated rings. The minimum absolute atomic E-state index is 0.199. The normalized spacial score (nSPS) is 11.1. The van der Waals surface area contributed by atoms with E-state index in [0.29, 0.717) is 16.8 Å². The first-order chi connectivity index (χ1) is 9.18. The summed E-state index contributed by atoms with van der Waals surface area (Å²) in [5.41, 5.74) is 15.2. The van der Waals surface area contributed by atoms with Crippen molar-refractivity contribution in [3.8, 4) is 0 Å². The van der Waals surface area contributed by atoms with E-state index in [0.717, 1.165) is 0 Å². The molecule has 1 aromatic carbocycles. The third kappa shape index (κ3) is 3.06. The summed E-state index contributed by atoms with van der Waals surface area (Å²) in [7, 11) is 0. The van der Waals surface area contributed by atoms with Crippen molar-refractivity contribution in [1.29, 1.82) is 0 Å². The van der Waals surface area contributed by atoms with Crippen LogP contribution in [0.4, 0.5) is 5.69 Å². The fourth-order valence-electron chi connectivity index (χ4n) is 1.46. The smallest absolute Gasteiger partial charge is 0.273 e. The number of carbonyl (C=O) groups excluding carboxylic acids is 1. The van der Waals surface area contributed by atoms with Gasteiger partial charge in [0.1, 0.15) is 0 Å². The van der Waals surface area contributed by atoms with Crippen LogP contribution in [-0.2, 0) is 0 Å². The van der Waals surface area contributed by atoms with E-state index in [-0.39, 0.29) is 5.84 Å². The molecule has 0 spiro atoms. The Morgan fingerprint density at radius 3 is 2.53 bits per heavy atom. The third-order valence-electron chi connectivity index (χ3n) is 2.46. The summed E-state index contributed by atoms with van der Waals surface area (Å²) >= 11 is 0. The highest BCUT2D eigenvalue weighted by atomic mass is 16.2. The van der Waals surface area contributed by atoms with E-state index in [1.54, 1.807) is 48.8 Å². The van der Waals surface area contributed by atoms with Gasteiger partial charge >= 0.3 is 0 Å². The number of nitrogens with two attached hydrogens (primary N) is 2. The molecule has 96 valence electrons. The van der Waals surface area contributed by atoms with Crippen LogP contribution in [0, 0.1) is 0 Å². The first-order valence-corrected chi connectivity index (χ1v) is 5.57. The fourth-order valence-corrected chi connectivity index (χ4v) is 1.46. The lowest BCUT2D eigenvalue weighted by molar-refractivity contribution is 0.0955. The van der Waals surface area contributed by atoms with Crippen molar-refractivity contribution in [3.05, 3.63) is 59.9 Å². The molecule has 1 aromatic heterocycles. The number of nitrogens with zero attached hydrogens (tertiary/aromatic N) is 2. The third-order valence-corrected chi connectivity index (χ3v) is 2.46. The van der Waals surface area contributed by atoms with Crippen LogP contribution in [-0.4, -0.2) is 16.7 Å². The Morgan fingerprint density at radius 1 is 1.16 bits per heavy atom. The van der Waals surface area contributed by atoms with Gasteiger partial charge in [0.2, 0.25) is 0 Å². The van der Waals surface area contributed by atoms with Gasteiger partial charge < -0.3 is 11.5 Å². The van der Waals surface area contributed by atoms with Crippen LogP contribution in [0.2, 0.25) is 0 Å². The van der Waals surface area contributed by atoms with Crippen LogP contribution in [0.3, 0.4) is 0 Å². The molecule has 0 atom stereocenters. The Kier molecular flexibility index (Phi) is 3.72. The number of pyridine rings is 1. The molecule has 0 radical (unpaired) electrons. The van der Waals surface area contributed by atoms with E-state index < -0.39 is 5.91 Å². The number of hydrazone groups is 1. The molecule has 0 saturated heterocycles. The quantitative estimate of drug-likeness (QED) is 0.325. The molecule has 1 amide bonds. The maximum absolute atomic E-state index is 11.8. The van der Waals surface area contributed by atoms with Crippen molar-refractivity contribution in [3.63, 3.8) is 0 Å². The molecule has 0 saturated carbocycles. The Hall–Kier alpha value is -2.89. The Balaban J connectivity index is 2.11. The number of benzene rings is 1. The summed E-state index contributed by atoms with van der Waals surface area (Å²) < 4.78 is 0.